The molecule has 2 aromatic heterocycles. The number of nitrogens with one attached hydrogen (secondary N) is 1. The highest BCUT2D eigenvalue weighted by molar-refractivity contribution is 5.92. The standard InChI is InChI=1S/C19H20N4O4/c1-11-9-12(2)20-17-16(11)18(25)23(19(26)22(17)3)10-15(24)21-13-7-5-6-8-14(13)27-4/h5-9H,10H2,1-4H3,(H,21,24). The van der Waals surface area contributed by atoms with Crippen LogP contribution in [0.5, 0.6) is 5.75 Å². The van der Waals surface area contributed by atoms with Gasteiger partial charge in [0.25, 0.3) is 5.56 Å². The Bertz CT molecular complexity index is 1160. The van der Waals surface area contributed by atoms with E-state index in [9.17, 15) is 14.4 Å². The minimum absolute atomic E-state index is 0.309. The van der Waals surface area contributed by atoms with E-state index in [1.54, 1.807) is 44.2 Å². The summed E-state index contributed by atoms with van der Waals surface area (Å²) >= 11 is 0. The Morgan fingerprint density at radius 1 is 1.22 bits per heavy atom. The lowest BCUT2D eigenvalue weighted by Crippen LogP contribution is -2.42. The third-order valence-corrected chi connectivity index (χ3v) is 4.30. The van der Waals surface area contributed by atoms with Gasteiger partial charge < -0.3 is 10.1 Å². The molecule has 3 rings (SSSR count). The summed E-state index contributed by atoms with van der Waals surface area (Å²) < 4.78 is 7.39. The van der Waals surface area contributed by atoms with Crippen molar-refractivity contribution in [2.45, 2.75) is 20.4 Å². The molecule has 0 atom stereocenters. The summed E-state index contributed by atoms with van der Waals surface area (Å²) in [5, 5.41) is 2.99. The van der Waals surface area contributed by atoms with E-state index >= 15 is 0 Å². The molecule has 0 aliphatic heterocycles. The van der Waals surface area contributed by atoms with Gasteiger partial charge in [-0.3, -0.25) is 18.7 Å². The lowest BCUT2D eigenvalue weighted by molar-refractivity contribution is -0.116. The molecule has 1 amide bonds. The number of carbonyl (C=O) groups is 1. The van der Waals surface area contributed by atoms with Crippen LogP contribution in [0.15, 0.2) is 39.9 Å². The summed E-state index contributed by atoms with van der Waals surface area (Å²) in [7, 11) is 3.02. The fourth-order valence-electron chi connectivity index (χ4n) is 3.04. The molecule has 1 aromatic carbocycles. The first-order chi connectivity index (χ1) is 12.8. The van der Waals surface area contributed by atoms with Gasteiger partial charge in [-0.05, 0) is 37.6 Å². The van der Waals surface area contributed by atoms with Crippen molar-refractivity contribution in [2.24, 2.45) is 7.05 Å². The maximum Gasteiger partial charge on any atom is 0.332 e. The second-order valence-corrected chi connectivity index (χ2v) is 6.26. The number of rotatable bonds is 4. The molecule has 3 aromatic rings. The number of aromatic nitrogens is 3. The fourth-order valence-corrected chi connectivity index (χ4v) is 3.04. The maximum atomic E-state index is 12.8. The first kappa shape index (κ1) is 18.4. The Hall–Kier alpha value is -3.42. The molecule has 0 saturated heterocycles. The highest BCUT2D eigenvalue weighted by Gasteiger charge is 2.17. The van der Waals surface area contributed by atoms with Crippen molar-refractivity contribution in [1.82, 2.24) is 14.1 Å². The van der Waals surface area contributed by atoms with Crippen molar-refractivity contribution in [3.63, 3.8) is 0 Å². The second kappa shape index (κ2) is 7.06. The minimum Gasteiger partial charge on any atom is -0.495 e. The highest BCUT2D eigenvalue weighted by atomic mass is 16.5. The summed E-state index contributed by atoms with van der Waals surface area (Å²) in [6, 6.07) is 8.67. The van der Waals surface area contributed by atoms with Gasteiger partial charge in [-0.15, -0.1) is 0 Å². The number of pyridine rings is 1. The average Bonchev–Trinajstić information content (AvgIpc) is 2.63. The summed E-state index contributed by atoms with van der Waals surface area (Å²) in [5.41, 5.74) is 1.06. The molecule has 8 heteroatoms. The lowest BCUT2D eigenvalue weighted by atomic mass is 10.2. The summed E-state index contributed by atoms with van der Waals surface area (Å²) in [6.45, 7) is 3.16. The van der Waals surface area contributed by atoms with Gasteiger partial charge in [0.15, 0.2) is 0 Å². The van der Waals surface area contributed by atoms with Gasteiger partial charge in [-0.25, -0.2) is 9.78 Å². The Morgan fingerprint density at radius 3 is 2.63 bits per heavy atom. The zero-order chi connectivity index (χ0) is 19.7. The van der Waals surface area contributed by atoms with Crippen LogP contribution in [0.3, 0.4) is 0 Å². The molecule has 140 valence electrons. The molecule has 0 spiro atoms. The number of nitrogens with zero attached hydrogens (tertiary/aromatic N) is 3. The number of anilines is 1. The van der Waals surface area contributed by atoms with Crippen LogP contribution in [0.1, 0.15) is 11.3 Å². The van der Waals surface area contributed by atoms with Gasteiger partial charge in [-0.1, -0.05) is 12.1 Å². The Morgan fingerprint density at radius 2 is 1.93 bits per heavy atom. The average molecular weight is 368 g/mol. The molecule has 0 bridgehead atoms. The van der Waals surface area contributed by atoms with Crippen LogP contribution in [0, 0.1) is 13.8 Å². The van der Waals surface area contributed by atoms with Gasteiger partial charge in [-0.2, -0.15) is 0 Å². The Labute approximate surface area is 155 Å². The van der Waals surface area contributed by atoms with Gasteiger partial charge in [0.1, 0.15) is 17.9 Å². The first-order valence-electron chi connectivity index (χ1n) is 8.34. The van der Waals surface area contributed by atoms with Gasteiger partial charge >= 0.3 is 5.69 Å². The van der Waals surface area contributed by atoms with E-state index in [1.165, 1.54) is 18.7 Å². The molecule has 0 unspecified atom stereocenters. The van der Waals surface area contributed by atoms with Crippen molar-refractivity contribution in [1.29, 1.82) is 0 Å². The lowest BCUT2D eigenvalue weighted by Gasteiger charge is -2.13. The normalized spacial score (nSPS) is 10.8. The summed E-state index contributed by atoms with van der Waals surface area (Å²) in [4.78, 5) is 42.2. The van der Waals surface area contributed by atoms with Crippen molar-refractivity contribution in [3.05, 3.63) is 62.4 Å². The molecular formula is C19H20N4O4. The number of methoxy groups -OCH3 is 1. The molecular weight excluding hydrogens is 348 g/mol. The summed E-state index contributed by atoms with van der Waals surface area (Å²) in [5.74, 6) is -0.0177. The SMILES string of the molecule is COc1ccccc1NC(=O)Cn1c(=O)c2c(C)cc(C)nc2n(C)c1=O. The van der Waals surface area contributed by atoms with Crippen molar-refractivity contribution in [2.75, 3.05) is 12.4 Å². The zero-order valence-corrected chi connectivity index (χ0v) is 15.6. The number of hydrogen-bond donors (Lipinski definition) is 1. The van der Waals surface area contributed by atoms with E-state index in [-0.39, 0.29) is 0 Å². The third kappa shape index (κ3) is 3.33. The number of benzene rings is 1. The van der Waals surface area contributed by atoms with Crippen LogP contribution in [0.2, 0.25) is 0 Å². The number of amides is 1. The van der Waals surface area contributed by atoms with E-state index < -0.39 is 23.7 Å². The van der Waals surface area contributed by atoms with E-state index in [0.717, 1.165) is 4.57 Å². The molecule has 27 heavy (non-hydrogen) atoms. The van der Waals surface area contributed by atoms with Crippen LogP contribution in [0.25, 0.3) is 11.0 Å². The summed E-state index contributed by atoms with van der Waals surface area (Å²) in [6.07, 6.45) is 0. The van der Waals surface area contributed by atoms with Gasteiger partial charge in [0.2, 0.25) is 5.91 Å². The monoisotopic (exact) mass is 368 g/mol. The Kier molecular flexibility index (Phi) is 4.81. The quantitative estimate of drug-likeness (QED) is 0.750. The molecule has 0 radical (unpaired) electrons. The van der Waals surface area contributed by atoms with Crippen LogP contribution >= 0.6 is 0 Å². The van der Waals surface area contributed by atoms with Crippen LogP contribution < -0.4 is 21.3 Å². The van der Waals surface area contributed by atoms with Crippen molar-refractivity contribution >= 4 is 22.6 Å². The number of fused-ring (bicyclic) bond motifs is 1. The van der Waals surface area contributed by atoms with E-state index in [4.69, 9.17) is 4.74 Å². The van der Waals surface area contributed by atoms with Gasteiger partial charge in [0, 0.05) is 12.7 Å². The third-order valence-electron chi connectivity index (χ3n) is 4.30. The fraction of sp³-hybridized carbons (Fsp3) is 0.263. The van der Waals surface area contributed by atoms with Crippen molar-refractivity contribution < 1.29 is 9.53 Å². The topological polar surface area (TPSA) is 95.2 Å². The molecule has 1 N–H and O–H groups in total. The largest absolute Gasteiger partial charge is 0.495 e. The predicted molar refractivity (Wildman–Crippen MR) is 102 cm³/mol. The molecule has 0 aliphatic carbocycles. The predicted octanol–water partition coefficient (Wildman–Crippen LogP) is 1.36. The number of aryl methyl sites for hydroxylation is 3. The molecule has 0 fully saturated rings. The van der Waals surface area contributed by atoms with Crippen LogP contribution in [-0.4, -0.2) is 27.1 Å². The van der Waals surface area contributed by atoms with Crippen LogP contribution in [-0.2, 0) is 18.4 Å². The number of carbonyl (C=O) groups excluding carboxylic acids is 1. The van der Waals surface area contributed by atoms with E-state index in [1.807, 2.05) is 0 Å². The minimum atomic E-state index is -0.597. The molecule has 0 saturated carbocycles. The van der Waals surface area contributed by atoms with E-state index in [2.05, 4.69) is 10.3 Å². The first-order valence-corrected chi connectivity index (χ1v) is 8.34. The number of para-hydroxylation sites is 2. The van der Waals surface area contributed by atoms with Gasteiger partial charge in [0.05, 0.1) is 18.2 Å². The molecule has 8 nitrogen and oxygen atoms in total. The highest BCUT2D eigenvalue weighted by Crippen LogP contribution is 2.22. The maximum absolute atomic E-state index is 12.8. The Balaban J connectivity index is 2.04. The van der Waals surface area contributed by atoms with Crippen LogP contribution in [0.4, 0.5) is 5.69 Å². The van der Waals surface area contributed by atoms with Crippen molar-refractivity contribution in [3.8, 4) is 5.75 Å². The number of hydrogen-bond acceptors (Lipinski definition) is 5. The molecule has 0 aliphatic rings. The molecule has 2 heterocycles. The van der Waals surface area contributed by atoms with E-state index in [0.29, 0.717) is 33.7 Å². The smallest absolute Gasteiger partial charge is 0.332 e. The zero-order valence-electron chi connectivity index (χ0n) is 15.6. The number of ether oxygens (including phenoxy) is 1. The second-order valence-electron chi connectivity index (χ2n) is 6.26.